The van der Waals surface area contributed by atoms with E-state index in [9.17, 15) is 0 Å². The van der Waals surface area contributed by atoms with Crippen molar-refractivity contribution >= 4 is 0 Å². The first-order chi connectivity index (χ1) is 9.81. The summed E-state index contributed by atoms with van der Waals surface area (Å²) < 4.78 is 21.6. The maximum absolute atomic E-state index is 5.46. The van der Waals surface area contributed by atoms with Crippen LogP contribution in [0.4, 0.5) is 0 Å². The molecule has 0 saturated carbocycles. The summed E-state index contributed by atoms with van der Waals surface area (Å²) in [7, 11) is 1.96. The van der Waals surface area contributed by atoms with Gasteiger partial charge < -0.3 is 24.3 Å². The van der Waals surface area contributed by atoms with Crippen molar-refractivity contribution in [3.8, 4) is 0 Å². The van der Waals surface area contributed by atoms with Crippen LogP contribution in [0.15, 0.2) is 0 Å². The van der Waals surface area contributed by atoms with Gasteiger partial charge in [-0.15, -0.1) is 0 Å². The molecule has 0 amide bonds. The minimum absolute atomic E-state index is 0.504. The lowest BCUT2D eigenvalue weighted by molar-refractivity contribution is -0.00268. The second kappa shape index (κ2) is 16.9. The maximum atomic E-state index is 5.46. The number of rotatable bonds is 16. The lowest BCUT2D eigenvalue weighted by atomic mass is 10.2. The van der Waals surface area contributed by atoms with Crippen LogP contribution in [0, 0.1) is 0 Å². The average Bonchev–Trinajstić information content (AvgIpc) is 2.47. The predicted octanol–water partition coefficient (Wildman–Crippen LogP) is 1.85. The summed E-state index contributed by atoms with van der Waals surface area (Å²) in [5.41, 5.74) is 0. The molecule has 0 aliphatic rings. The summed E-state index contributed by atoms with van der Waals surface area (Å²) in [5, 5.41) is 3.17. The first kappa shape index (κ1) is 19.8. The summed E-state index contributed by atoms with van der Waals surface area (Å²) in [4.78, 5) is 0. The number of unbranched alkanes of at least 4 members (excludes halogenated alkanes) is 1. The Bertz CT molecular complexity index is 181. The molecule has 1 N–H and O–H groups in total. The minimum atomic E-state index is 0.504. The van der Waals surface area contributed by atoms with Crippen LogP contribution in [-0.4, -0.2) is 65.9 Å². The lowest BCUT2D eigenvalue weighted by Gasteiger charge is -2.10. The van der Waals surface area contributed by atoms with Gasteiger partial charge in [0.05, 0.1) is 39.6 Å². The lowest BCUT2D eigenvalue weighted by Crippen LogP contribution is -2.23. The van der Waals surface area contributed by atoms with E-state index in [1.54, 1.807) is 0 Å². The minimum Gasteiger partial charge on any atom is -0.379 e. The fourth-order valence-corrected chi connectivity index (χ4v) is 1.41. The molecule has 0 bridgehead atoms. The Morgan fingerprint density at radius 3 is 1.65 bits per heavy atom. The van der Waals surface area contributed by atoms with Gasteiger partial charge in [-0.1, -0.05) is 13.3 Å². The second-order valence-electron chi connectivity index (χ2n) is 4.78. The van der Waals surface area contributed by atoms with Crippen LogP contribution in [0.1, 0.15) is 33.1 Å². The molecule has 0 aromatic rings. The molecule has 0 aromatic carbocycles. The van der Waals surface area contributed by atoms with Gasteiger partial charge in [0.2, 0.25) is 0 Å². The zero-order valence-electron chi connectivity index (χ0n) is 13.5. The molecule has 0 aromatic heterocycles. The van der Waals surface area contributed by atoms with E-state index in [0.29, 0.717) is 45.7 Å². The quantitative estimate of drug-likeness (QED) is 0.440. The van der Waals surface area contributed by atoms with Crippen molar-refractivity contribution in [2.24, 2.45) is 0 Å². The topological polar surface area (TPSA) is 49.0 Å². The molecule has 0 spiro atoms. The summed E-state index contributed by atoms with van der Waals surface area (Å²) in [6.45, 7) is 9.74. The van der Waals surface area contributed by atoms with Crippen molar-refractivity contribution in [1.29, 1.82) is 0 Å². The van der Waals surface area contributed by atoms with E-state index in [1.807, 2.05) is 7.05 Å². The molecule has 20 heavy (non-hydrogen) atoms. The van der Waals surface area contributed by atoms with Crippen LogP contribution in [-0.2, 0) is 18.9 Å². The smallest absolute Gasteiger partial charge is 0.0701 e. The number of hydrogen-bond acceptors (Lipinski definition) is 5. The van der Waals surface area contributed by atoms with Crippen molar-refractivity contribution in [3.05, 3.63) is 0 Å². The molecule has 0 aliphatic heterocycles. The second-order valence-corrected chi connectivity index (χ2v) is 4.78. The molecule has 0 saturated heterocycles. The van der Waals surface area contributed by atoms with E-state index in [4.69, 9.17) is 18.9 Å². The summed E-state index contributed by atoms with van der Waals surface area (Å²) >= 11 is 0. The zero-order valence-corrected chi connectivity index (χ0v) is 13.5. The Morgan fingerprint density at radius 2 is 1.20 bits per heavy atom. The third-order valence-electron chi connectivity index (χ3n) is 2.95. The van der Waals surface area contributed by atoms with Gasteiger partial charge in [0.1, 0.15) is 0 Å². The fraction of sp³-hybridized carbons (Fsp3) is 1.00. The van der Waals surface area contributed by atoms with E-state index in [2.05, 4.69) is 19.2 Å². The molecule has 0 aliphatic carbocycles. The molecule has 5 heteroatoms. The normalized spacial score (nSPS) is 12.8. The van der Waals surface area contributed by atoms with Crippen LogP contribution in [0.3, 0.4) is 0 Å². The monoisotopic (exact) mass is 291 g/mol. The van der Waals surface area contributed by atoms with Crippen LogP contribution in [0.5, 0.6) is 0 Å². The van der Waals surface area contributed by atoms with Crippen molar-refractivity contribution in [2.75, 3.05) is 59.9 Å². The molecule has 122 valence electrons. The highest BCUT2D eigenvalue weighted by Crippen LogP contribution is 1.91. The first-order valence-corrected chi connectivity index (χ1v) is 7.79. The van der Waals surface area contributed by atoms with E-state index in [1.165, 1.54) is 6.42 Å². The Morgan fingerprint density at radius 1 is 0.750 bits per heavy atom. The van der Waals surface area contributed by atoms with Crippen molar-refractivity contribution in [2.45, 2.75) is 39.2 Å². The predicted molar refractivity (Wildman–Crippen MR) is 81.3 cm³/mol. The molecule has 1 atom stereocenters. The van der Waals surface area contributed by atoms with Crippen LogP contribution >= 0.6 is 0 Å². The highest BCUT2D eigenvalue weighted by Gasteiger charge is 1.97. The summed E-state index contributed by atoms with van der Waals surface area (Å²) in [6.07, 6.45) is 3.32. The molecular formula is C15H33NO4. The maximum Gasteiger partial charge on any atom is 0.0701 e. The summed E-state index contributed by atoms with van der Waals surface area (Å²) in [5.74, 6) is 0. The Labute approximate surface area is 124 Å². The standard InChI is InChI=1S/C15H33NO4/c1-4-5-7-17-9-11-19-13-14-20-12-10-18-8-6-15(2)16-3/h15-16H,4-14H2,1-3H3. The van der Waals surface area contributed by atoms with Gasteiger partial charge in [-0.2, -0.15) is 0 Å². The fourth-order valence-electron chi connectivity index (χ4n) is 1.41. The van der Waals surface area contributed by atoms with Crippen molar-refractivity contribution < 1.29 is 18.9 Å². The van der Waals surface area contributed by atoms with Crippen LogP contribution in [0.2, 0.25) is 0 Å². The zero-order chi connectivity index (χ0) is 14.9. The largest absolute Gasteiger partial charge is 0.379 e. The molecular weight excluding hydrogens is 258 g/mol. The van der Waals surface area contributed by atoms with E-state index >= 15 is 0 Å². The Hall–Kier alpha value is -0.200. The number of ether oxygens (including phenoxy) is 4. The Kier molecular flexibility index (Phi) is 16.7. The van der Waals surface area contributed by atoms with E-state index in [0.717, 1.165) is 26.1 Å². The number of hydrogen-bond donors (Lipinski definition) is 1. The highest BCUT2D eigenvalue weighted by molar-refractivity contribution is 4.54. The number of nitrogens with one attached hydrogen (secondary N) is 1. The summed E-state index contributed by atoms with van der Waals surface area (Å²) in [6, 6.07) is 0.504. The van der Waals surface area contributed by atoms with E-state index < -0.39 is 0 Å². The van der Waals surface area contributed by atoms with Gasteiger partial charge in [0.15, 0.2) is 0 Å². The van der Waals surface area contributed by atoms with Gasteiger partial charge in [0, 0.05) is 19.3 Å². The van der Waals surface area contributed by atoms with Crippen molar-refractivity contribution in [1.82, 2.24) is 5.32 Å². The van der Waals surface area contributed by atoms with E-state index in [-0.39, 0.29) is 0 Å². The molecule has 0 rings (SSSR count). The third-order valence-corrected chi connectivity index (χ3v) is 2.95. The molecule has 5 nitrogen and oxygen atoms in total. The van der Waals surface area contributed by atoms with Crippen molar-refractivity contribution in [3.63, 3.8) is 0 Å². The van der Waals surface area contributed by atoms with Gasteiger partial charge in [0.25, 0.3) is 0 Å². The molecule has 0 fully saturated rings. The Balaban J connectivity index is 2.96. The molecule has 1 unspecified atom stereocenters. The first-order valence-electron chi connectivity index (χ1n) is 7.79. The van der Waals surface area contributed by atoms with Gasteiger partial charge in [-0.25, -0.2) is 0 Å². The molecule has 0 heterocycles. The van der Waals surface area contributed by atoms with Crippen LogP contribution < -0.4 is 5.32 Å². The van der Waals surface area contributed by atoms with Gasteiger partial charge in [-0.3, -0.25) is 0 Å². The van der Waals surface area contributed by atoms with Gasteiger partial charge in [-0.05, 0) is 26.8 Å². The highest BCUT2D eigenvalue weighted by atomic mass is 16.6. The third kappa shape index (κ3) is 15.9. The SMILES string of the molecule is CCCCOCCOCCOCCOCCC(C)NC. The molecule has 0 radical (unpaired) electrons. The van der Waals surface area contributed by atoms with Crippen LogP contribution in [0.25, 0.3) is 0 Å². The van der Waals surface area contributed by atoms with Gasteiger partial charge >= 0.3 is 0 Å². The average molecular weight is 291 g/mol.